The van der Waals surface area contributed by atoms with Crippen LogP contribution in [-0.4, -0.2) is 36.0 Å². The number of aromatic nitrogens is 1. The first-order valence-electron chi connectivity index (χ1n) is 11.7. The molecule has 0 spiro atoms. The van der Waals surface area contributed by atoms with Gasteiger partial charge in [0.05, 0.1) is 36.1 Å². The number of nitrogens with zero attached hydrogens (tertiary/aromatic N) is 2. The average molecular weight is 515 g/mol. The van der Waals surface area contributed by atoms with Crippen LogP contribution in [-0.2, 0) is 9.59 Å². The van der Waals surface area contributed by atoms with Gasteiger partial charge < -0.3 is 14.6 Å². The summed E-state index contributed by atoms with van der Waals surface area (Å²) in [6.45, 7) is 5.91. The highest BCUT2D eigenvalue weighted by Crippen LogP contribution is 2.46. The summed E-state index contributed by atoms with van der Waals surface area (Å²) in [7, 11) is 3.05. The molecule has 0 unspecified atom stereocenters. The van der Waals surface area contributed by atoms with Crippen molar-refractivity contribution in [2.75, 3.05) is 19.1 Å². The number of amides is 1. The van der Waals surface area contributed by atoms with Crippen molar-refractivity contribution < 1.29 is 24.2 Å². The van der Waals surface area contributed by atoms with Crippen LogP contribution in [0.25, 0.3) is 16.0 Å². The van der Waals surface area contributed by atoms with Crippen LogP contribution in [0.5, 0.6) is 11.5 Å². The maximum atomic E-state index is 13.5. The van der Waals surface area contributed by atoms with Gasteiger partial charge in [-0.2, -0.15) is 0 Å². The van der Waals surface area contributed by atoms with Gasteiger partial charge in [0.1, 0.15) is 5.76 Å². The number of rotatable bonds is 5. The second-order valence-electron chi connectivity index (χ2n) is 9.07. The van der Waals surface area contributed by atoms with Crippen molar-refractivity contribution in [3.05, 3.63) is 88.0 Å². The summed E-state index contributed by atoms with van der Waals surface area (Å²) < 4.78 is 11.8. The number of fused-ring (bicyclic) bond motifs is 1. The molecule has 0 bridgehead atoms. The minimum absolute atomic E-state index is 0.00627. The third kappa shape index (κ3) is 4.13. The van der Waals surface area contributed by atoms with Crippen LogP contribution in [0.3, 0.4) is 0 Å². The molecule has 1 N–H and O–H groups in total. The summed E-state index contributed by atoms with van der Waals surface area (Å²) in [6.07, 6.45) is 0. The van der Waals surface area contributed by atoms with Crippen LogP contribution >= 0.6 is 11.3 Å². The van der Waals surface area contributed by atoms with E-state index in [1.165, 1.54) is 30.5 Å². The maximum absolute atomic E-state index is 13.5. The predicted octanol–water partition coefficient (Wildman–Crippen LogP) is 5.87. The van der Waals surface area contributed by atoms with E-state index in [0.29, 0.717) is 27.8 Å². The van der Waals surface area contributed by atoms with Gasteiger partial charge in [-0.1, -0.05) is 53.3 Å². The summed E-state index contributed by atoms with van der Waals surface area (Å²) in [5.74, 6) is -0.815. The third-order valence-electron chi connectivity index (χ3n) is 6.52. The molecule has 1 fully saturated rings. The molecule has 1 atom stereocenters. The van der Waals surface area contributed by atoms with Gasteiger partial charge >= 0.3 is 5.91 Å². The Morgan fingerprint density at radius 2 is 1.62 bits per heavy atom. The molecule has 3 aromatic carbocycles. The van der Waals surface area contributed by atoms with Crippen molar-refractivity contribution in [1.82, 2.24) is 4.98 Å². The van der Waals surface area contributed by atoms with E-state index in [0.717, 1.165) is 26.9 Å². The summed E-state index contributed by atoms with van der Waals surface area (Å²) in [5.41, 5.74) is 4.87. The molecule has 0 aliphatic carbocycles. The van der Waals surface area contributed by atoms with E-state index in [1.807, 2.05) is 45.0 Å². The number of aliphatic hydroxyl groups excluding tert-OH is 1. The Morgan fingerprint density at radius 1 is 0.919 bits per heavy atom. The Balaban J connectivity index is 1.76. The summed E-state index contributed by atoms with van der Waals surface area (Å²) in [6, 6.07) is 15.5. The zero-order chi connectivity index (χ0) is 26.4. The van der Waals surface area contributed by atoms with Crippen molar-refractivity contribution in [1.29, 1.82) is 0 Å². The number of carbonyl (C=O) groups excluding carboxylic acids is 2. The van der Waals surface area contributed by atoms with Gasteiger partial charge in [-0.15, -0.1) is 0 Å². The molecule has 1 saturated heterocycles. The second-order valence-corrected chi connectivity index (χ2v) is 10.1. The Hall–Kier alpha value is -4.17. The highest BCUT2D eigenvalue weighted by Gasteiger charge is 2.48. The predicted molar refractivity (Wildman–Crippen MR) is 145 cm³/mol. The summed E-state index contributed by atoms with van der Waals surface area (Å²) >= 11 is 1.34. The Bertz CT molecular complexity index is 1590. The van der Waals surface area contributed by atoms with E-state index in [-0.39, 0.29) is 11.3 Å². The number of ketones is 1. The third-order valence-corrected chi connectivity index (χ3v) is 7.52. The number of hydrogen-bond acceptors (Lipinski definition) is 7. The van der Waals surface area contributed by atoms with Gasteiger partial charge in [-0.25, -0.2) is 4.98 Å². The van der Waals surface area contributed by atoms with Gasteiger partial charge in [0.15, 0.2) is 16.6 Å². The van der Waals surface area contributed by atoms with Crippen molar-refractivity contribution in [2.24, 2.45) is 0 Å². The average Bonchev–Trinajstić information content (AvgIpc) is 3.42. The molecule has 4 aromatic rings. The number of carbonyl (C=O) groups is 2. The minimum atomic E-state index is -0.914. The number of thiazole rings is 1. The lowest BCUT2D eigenvalue weighted by molar-refractivity contribution is -0.132. The van der Waals surface area contributed by atoms with Crippen LogP contribution in [0.4, 0.5) is 5.13 Å². The SMILES string of the molecule is COc1ccc([C@@H]2/C(=C(\O)c3ccc(C)cc3)C(=O)C(=O)N2c2nc3c(C)cc(C)cc3s2)cc1OC. The van der Waals surface area contributed by atoms with Crippen LogP contribution in [0.15, 0.2) is 60.2 Å². The highest BCUT2D eigenvalue weighted by molar-refractivity contribution is 7.22. The van der Waals surface area contributed by atoms with Gasteiger partial charge in [0, 0.05) is 5.56 Å². The van der Waals surface area contributed by atoms with E-state index in [4.69, 9.17) is 14.5 Å². The number of hydrogen-bond donors (Lipinski definition) is 1. The van der Waals surface area contributed by atoms with Crippen LogP contribution in [0.1, 0.15) is 33.9 Å². The molecule has 8 heteroatoms. The number of benzene rings is 3. The fraction of sp³-hybridized carbons (Fsp3) is 0.207. The molecule has 1 aliphatic heterocycles. The van der Waals surface area contributed by atoms with E-state index in [2.05, 4.69) is 0 Å². The Labute approximate surface area is 218 Å². The molecular formula is C29H26N2O5S. The number of aryl methyl sites for hydroxylation is 3. The lowest BCUT2D eigenvalue weighted by Crippen LogP contribution is -2.29. The molecule has 0 saturated carbocycles. The standard InChI is InChI=1S/C29H26N2O5S/c1-15-6-8-18(9-7-15)26(32)23-25(19-10-11-20(35-4)21(14-19)36-5)31(28(34)27(23)33)29-30-24-17(3)12-16(2)13-22(24)37-29/h6-14,25,32H,1-5H3/b26-23+/t25-/m1/s1. The van der Waals surface area contributed by atoms with Crippen LogP contribution in [0, 0.1) is 20.8 Å². The van der Waals surface area contributed by atoms with Gasteiger partial charge in [-0.3, -0.25) is 14.5 Å². The van der Waals surface area contributed by atoms with E-state index in [1.54, 1.807) is 30.3 Å². The molecule has 0 radical (unpaired) electrons. The van der Waals surface area contributed by atoms with Gasteiger partial charge in [0.2, 0.25) is 0 Å². The lowest BCUT2D eigenvalue weighted by atomic mass is 9.95. The smallest absolute Gasteiger partial charge is 0.301 e. The molecule has 1 amide bonds. The normalized spacial score (nSPS) is 17.0. The number of anilines is 1. The summed E-state index contributed by atoms with van der Waals surface area (Å²) in [4.78, 5) is 33.2. The maximum Gasteiger partial charge on any atom is 0.301 e. The molecule has 7 nitrogen and oxygen atoms in total. The number of aliphatic hydroxyl groups is 1. The van der Waals surface area contributed by atoms with E-state index < -0.39 is 17.7 Å². The fourth-order valence-corrected chi connectivity index (χ4v) is 5.87. The van der Waals surface area contributed by atoms with Gasteiger partial charge in [0.25, 0.3) is 5.78 Å². The first-order valence-corrected chi connectivity index (χ1v) is 12.5. The molecule has 1 aromatic heterocycles. The Kier molecular flexibility index (Phi) is 6.21. The van der Waals surface area contributed by atoms with E-state index >= 15 is 0 Å². The topological polar surface area (TPSA) is 89.0 Å². The lowest BCUT2D eigenvalue weighted by Gasteiger charge is -2.23. The number of Topliss-reactive ketones (excluding diaryl/α,β-unsaturated/α-hetero) is 1. The number of ether oxygens (including phenoxy) is 2. The van der Waals surface area contributed by atoms with E-state index in [9.17, 15) is 14.7 Å². The van der Waals surface area contributed by atoms with Crippen LogP contribution in [0.2, 0.25) is 0 Å². The van der Waals surface area contributed by atoms with Crippen molar-refractivity contribution in [3.63, 3.8) is 0 Å². The van der Waals surface area contributed by atoms with Crippen molar-refractivity contribution >= 4 is 44.1 Å². The molecule has 188 valence electrons. The largest absolute Gasteiger partial charge is 0.507 e. The molecule has 1 aliphatic rings. The fourth-order valence-electron chi connectivity index (χ4n) is 4.70. The molecule has 5 rings (SSSR count). The van der Waals surface area contributed by atoms with Crippen LogP contribution < -0.4 is 14.4 Å². The Morgan fingerprint density at radius 3 is 2.30 bits per heavy atom. The second kappa shape index (κ2) is 9.37. The molecular weight excluding hydrogens is 488 g/mol. The zero-order valence-corrected chi connectivity index (χ0v) is 22.0. The number of methoxy groups -OCH3 is 2. The molecule has 37 heavy (non-hydrogen) atoms. The van der Waals surface area contributed by atoms with Crippen molar-refractivity contribution in [3.8, 4) is 11.5 Å². The van der Waals surface area contributed by atoms with Crippen molar-refractivity contribution in [2.45, 2.75) is 26.8 Å². The summed E-state index contributed by atoms with van der Waals surface area (Å²) in [5, 5.41) is 11.7. The molecule has 2 heterocycles. The minimum Gasteiger partial charge on any atom is -0.507 e. The quantitative estimate of drug-likeness (QED) is 0.204. The van der Waals surface area contributed by atoms with Gasteiger partial charge in [-0.05, 0) is 55.7 Å². The zero-order valence-electron chi connectivity index (χ0n) is 21.2. The first-order chi connectivity index (χ1) is 17.7. The highest BCUT2D eigenvalue weighted by atomic mass is 32.1. The monoisotopic (exact) mass is 514 g/mol. The first kappa shape index (κ1) is 24.5.